The molecule has 0 bridgehead atoms. The lowest BCUT2D eigenvalue weighted by molar-refractivity contribution is 0.0967. The predicted octanol–water partition coefficient (Wildman–Crippen LogP) is 2.32. The number of urea groups is 1. The molecule has 0 unspecified atom stereocenters. The van der Waals surface area contributed by atoms with Crippen molar-refractivity contribution in [2.75, 3.05) is 33.8 Å². The largest absolute Gasteiger partial charge is 0.378 e. The number of nitrogens with one attached hydrogen (secondary N) is 1. The van der Waals surface area contributed by atoms with Gasteiger partial charge in [0.1, 0.15) is 0 Å². The molecule has 4 atom stereocenters. The van der Waals surface area contributed by atoms with Gasteiger partial charge in [0.05, 0.1) is 6.10 Å². The Morgan fingerprint density at radius 1 is 1.45 bits per heavy atom. The Balaban J connectivity index is 1.72. The molecule has 128 valence electrons. The number of carbonyl (C=O) groups is 1. The Labute approximate surface area is 135 Å². The highest BCUT2D eigenvalue weighted by molar-refractivity contribution is 5.74. The van der Waals surface area contributed by atoms with Gasteiger partial charge in [-0.1, -0.05) is 6.92 Å². The van der Waals surface area contributed by atoms with Crippen LogP contribution in [0.5, 0.6) is 0 Å². The monoisotopic (exact) mass is 311 g/mol. The zero-order valence-corrected chi connectivity index (χ0v) is 14.7. The minimum absolute atomic E-state index is 0.0706. The van der Waals surface area contributed by atoms with Gasteiger partial charge in [-0.15, -0.1) is 0 Å². The maximum atomic E-state index is 12.4. The lowest BCUT2D eigenvalue weighted by Gasteiger charge is -2.40. The molecule has 5 heteroatoms. The summed E-state index contributed by atoms with van der Waals surface area (Å²) in [7, 11) is 4.09. The van der Waals surface area contributed by atoms with Gasteiger partial charge in [-0.05, 0) is 58.5 Å². The molecule has 2 aliphatic rings. The summed E-state index contributed by atoms with van der Waals surface area (Å²) in [6, 6.07) is 0.628. The Kier molecular flexibility index (Phi) is 6.50. The SMILES string of the molecule is C[C@H](CC[C@@H]1CCCO1)NC(=O)N(C)[C@H]1CCN(C)C[C@@H]1C. The molecule has 0 spiro atoms. The van der Waals surface area contributed by atoms with E-state index < -0.39 is 0 Å². The van der Waals surface area contributed by atoms with Crippen molar-refractivity contribution in [2.45, 2.75) is 64.1 Å². The van der Waals surface area contributed by atoms with Gasteiger partial charge >= 0.3 is 6.03 Å². The normalized spacial score (nSPS) is 31.0. The van der Waals surface area contributed by atoms with Crippen molar-refractivity contribution in [1.29, 1.82) is 0 Å². The third-order valence-electron chi connectivity index (χ3n) is 5.20. The second-order valence-corrected chi connectivity index (χ2v) is 7.27. The van der Waals surface area contributed by atoms with Crippen LogP contribution in [0.25, 0.3) is 0 Å². The van der Waals surface area contributed by atoms with Gasteiger partial charge < -0.3 is 19.9 Å². The predicted molar refractivity (Wildman–Crippen MR) is 89.0 cm³/mol. The van der Waals surface area contributed by atoms with Gasteiger partial charge in [0, 0.05) is 32.3 Å². The fraction of sp³-hybridized carbons (Fsp3) is 0.941. The maximum Gasteiger partial charge on any atom is 0.317 e. The first kappa shape index (κ1) is 17.5. The van der Waals surface area contributed by atoms with Crippen molar-refractivity contribution >= 4 is 6.03 Å². The van der Waals surface area contributed by atoms with Crippen LogP contribution in [0.3, 0.4) is 0 Å². The highest BCUT2D eigenvalue weighted by Gasteiger charge is 2.30. The minimum atomic E-state index is 0.0706. The van der Waals surface area contributed by atoms with Crippen LogP contribution in [0.4, 0.5) is 4.79 Å². The van der Waals surface area contributed by atoms with E-state index in [1.54, 1.807) is 0 Å². The van der Waals surface area contributed by atoms with E-state index in [0.717, 1.165) is 39.0 Å². The lowest BCUT2D eigenvalue weighted by atomic mass is 9.93. The van der Waals surface area contributed by atoms with E-state index in [1.165, 1.54) is 12.8 Å². The topological polar surface area (TPSA) is 44.8 Å². The molecule has 0 aromatic heterocycles. The van der Waals surface area contributed by atoms with Crippen molar-refractivity contribution in [3.05, 3.63) is 0 Å². The molecule has 0 aromatic rings. The summed E-state index contributed by atoms with van der Waals surface area (Å²) in [6.45, 7) is 7.38. The summed E-state index contributed by atoms with van der Waals surface area (Å²) in [5.74, 6) is 0.525. The van der Waals surface area contributed by atoms with Gasteiger partial charge in [0.15, 0.2) is 0 Å². The zero-order valence-electron chi connectivity index (χ0n) is 14.7. The van der Waals surface area contributed by atoms with Crippen molar-refractivity contribution in [3.63, 3.8) is 0 Å². The summed E-state index contributed by atoms with van der Waals surface area (Å²) in [5, 5.41) is 3.15. The molecule has 2 fully saturated rings. The van der Waals surface area contributed by atoms with Gasteiger partial charge in [-0.25, -0.2) is 4.79 Å². The van der Waals surface area contributed by atoms with Gasteiger partial charge in [-0.3, -0.25) is 0 Å². The number of amides is 2. The van der Waals surface area contributed by atoms with Gasteiger partial charge in [0.25, 0.3) is 0 Å². The molecular weight excluding hydrogens is 278 g/mol. The number of piperidine rings is 1. The summed E-state index contributed by atoms with van der Waals surface area (Å²) >= 11 is 0. The minimum Gasteiger partial charge on any atom is -0.378 e. The van der Waals surface area contributed by atoms with Crippen LogP contribution in [0.15, 0.2) is 0 Å². The van der Waals surface area contributed by atoms with Crippen LogP contribution >= 0.6 is 0 Å². The van der Waals surface area contributed by atoms with Crippen LogP contribution < -0.4 is 5.32 Å². The van der Waals surface area contributed by atoms with Crippen LogP contribution in [-0.4, -0.2) is 67.8 Å². The molecule has 0 aromatic carbocycles. The second kappa shape index (κ2) is 8.16. The van der Waals surface area contributed by atoms with Crippen LogP contribution in [0, 0.1) is 5.92 Å². The molecule has 22 heavy (non-hydrogen) atoms. The lowest BCUT2D eigenvalue weighted by Crippen LogP contribution is -2.53. The number of likely N-dealkylation sites (tertiary alicyclic amines) is 1. The van der Waals surface area contributed by atoms with Gasteiger partial charge in [0.2, 0.25) is 0 Å². The first-order chi connectivity index (χ1) is 10.5. The smallest absolute Gasteiger partial charge is 0.317 e. The third-order valence-corrected chi connectivity index (χ3v) is 5.20. The van der Waals surface area contributed by atoms with Crippen molar-refractivity contribution in [2.24, 2.45) is 5.92 Å². The number of nitrogens with zero attached hydrogens (tertiary/aromatic N) is 2. The summed E-state index contributed by atoms with van der Waals surface area (Å²) in [4.78, 5) is 16.7. The molecule has 0 saturated carbocycles. The standard InChI is InChI=1S/C17H33N3O2/c1-13-12-19(3)10-9-16(13)20(4)17(21)18-14(2)7-8-15-6-5-11-22-15/h13-16H,5-12H2,1-4H3,(H,18,21)/t13-,14+,15-,16-/m0/s1. The van der Waals surface area contributed by atoms with Crippen LogP contribution in [-0.2, 0) is 4.74 Å². The van der Waals surface area contributed by atoms with Crippen molar-refractivity contribution in [1.82, 2.24) is 15.1 Å². The Bertz CT molecular complexity index is 358. The average molecular weight is 311 g/mol. The Hall–Kier alpha value is -0.810. The molecule has 2 rings (SSSR count). The number of rotatable bonds is 5. The summed E-state index contributed by atoms with van der Waals surface area (Å²) < 4.78 is 5.65. The zero-order chi connectivity index (χ0) is 16.1. The molecule has 1 N–H and O–H groups in total. The van der Waals surface area contributed by atoms with E-state index in [1.807, 2.05) is 11.9 Å². The fourth-order valence-electron chi connectivity index (χ4n) is 3.76. The highest BCUT2D eigenvalue weighted by Crippen LogP contribution is 2.21. The van der Waals surface area contributed by atoms with Crippen LogP contribution in [0.2, 0.25) is 0 Å². The summed E-state index contributed by atoms with van der Waals surface area (Å²) in [6.07, 6.45) is 5.87. The molecule has 0 aliphatic carbocycles. The van der Waals surface area contributed by atoms with E-state index in [4.69, 9.17) is 4.74 Å². The summed E-state index contributed by atoms with van der Waals surface area (Å²) in [5.41, 5.74) is 0. The first-order valence-corrected chi connectivity index (χ1v) is 8.81. The second-order valence-electron chi connectivity index (χ2n) is 7.27. The Morgan fingerprint density at radius 2 is 2.23 bits per heavy atom. The van der Waals surface area contributed by atoms with Crippen molar-refractivity contribution < 1.29 is 9.53 Å². The molecule has 2 saturated heterocycles. The van der Waals surface area contributed by atoms with Gasteiger partial charge in [-0.2, -0.15) is 0 Å². The van der Waals surface area contributed by atoms with Crippen LogP contribution in [0.1, 0.15) is 46.0 Å². The van der Waals surface area contributed by atoms with Crippen molar-refractivity contribution in [3.8, 4) is 0 Å². The van der Waals surface area contributed by atoms with E-state index >= 15 is 0 Å². The molecule has 2 heterocycles. The molecule has 0 radical (unpaired) electrons. The number of ether oxygens (including phenoxy) is 1. The first-order valence-electron chi connectivity index (χ1n) is 8.81. The number of carbonyl (C=O) groups excluding carboxylic acids is 1. The quantitative estimate of drug-likeness (QED) is 0.847. The maximum absolute atomic E-state index is 12.4. The third kappa shape index (κ3) is 4.85. The van der Waals surface area contributed by atoms with E-state index in [0.29, 0.717) is 18.1 Å². The number of hydrogen-bond acceptors (Lipinski definition) is 3. The van der Waals surface area contributed by atoms with E-state index in [-0.39, 0.29) is 12.1 Å². The van der Waals surface area contributed by atoms with E-state index in [9.17, 15) is 4.79 Å². The fourth-order valence-corrected chi connectivity index (χ4v) is 3.76. The number of hydrogen-bond donors (Lipinski definition) is 1. The van der Waals surface area contributed by atoms with E-state index in [2.05, 4.69) is 31.1 Å². The molecule has 5 nitrogen and oxygen atoms in total. The molecular formula is C17H33N3O2. The highest BCUT2D eigenvalue weighted by atomic mass is 16.5. The average Bonchev–Trinajstić information content (AvgIpc) is 2.97. The molecule has 2 amide bonds. The Morgan fingerprint density at radius 3 is 2.86 bits per heavy atom. The molecule has 2 aliphatic heterocycles.